The van der Waals surface area contributed by atoms with Crippen LogP contribution in [0.1, 0.15) is 29.6 Å². The van der Waals surface area contributed by atoms with Gasteiger partial charge in [-0.15, -0.1) is 0 Å². The van der Waals surface area contributed by atoms with Gasteiger partial charge in [0.15, 0.2) is 0 Å². The Hall–Kier alpha value is -2.12. The molecule has 1 aromatic carbocycles. The predicted molar refractivity (Wildman–Crippen MR) is 88.8 cm³/mol. The molecule has 2 saturated heterocycles. The lowest BCUT2D eigenvalue weighted by Crippen LogP contribution is -2.49. The maximum absolute atomic E-state index is 12.8. The number of aliphatic carboxylic acids is 1. The zero-order valence-corrected chi connectivity index (χ0v) is 14.1. The van der Waals surface area contributed by atoms with Crippen LogP contribution in [0.2, 0.25) is 0 Å². The molecule has 1 aromatic rings. The number of hydrogen-bond acceptors (Lipinski definition) is 5. The fraction of sp³-hybridized carbons (Fsp3) is 0.556. The number of rotatable bonds is 6. The minimum atomic E-state index is -0.943. The number of amides is 1. The van der Waals surface area contributed by atoms with Gasteiger partial charge in [-0.3, -0.25) is 9.59 Å². The van der Waals surface area contributed by atoms with E-state index in [1.165, 1.54) is 0 Å². The second-order valence-corrected chi connectivity index (χ2v) is 6.30. The topological polar surface area (TPSA) is 85.3 Å². The smallest absolute Gasteiger partial charge is 0.305 e. The van der Waals surface area contributed by atoms with Crippen LogP contribution >= 0.6 is 0 Å². The molecule has 3 rings (SSSR count). The first kappa shape index (κ1) is 17.7. The van der Waals surface area contributed by atoms with Gasteiger partial charge in [0.05, 0.1) is 31.8 Å². The molecule has 0 saturated carbocycles. The molecule has 25 heavy (non-hydrogen) atoms. The third kappa shape index (κ3) is 4.70. The van der Waals surface area contributed by atoms with Crippen LogP contribution in [-0.2, 0) is 14.3 Å². The molecule has 2 aliphatic rings. The van der Waals surface area contributed by atoms with Crippen LogP contribution in [0.25, 0.3) is 0 Å². The summed E-state index contributed by atoms with van der Waals surface area (Å²) in [6, 6.07) is 6.54. The highest BCUT2D eigenvalue weighted by Gasteiger charge is 2.30. The van der Waals surface area contributed by atoms with Crippen molar-refractivity contribution in [1.82, 2.24) is 4.90 Å². The molecule has 2 unspecified atom stereocenters. The van der Waals surface area contributed by atoms with Gasteiger partial charge in [-0.05, 0) is 31.0 Å². The van der Waals surface area contributed by atoms with Gasteiger partial charge >= 0.3 is 5.97 Å². The second kappa shape index (κ2) is 8.31. The van der Waals surface area contributed by atoms with E-state index in [-0.39, 0.29) is 25.0 Å². The molecule has 0 bridgehead atoms. The fourth-order valence-corrected chi connectivity index (χ4v) is 3.14. The Morgan fingerprint density at radius 3 is 2.96 bits per heavy atom. The number of carboxylic acid groups (broad SMARTS) is 1. The van der Waals surface area contributed by atoms with Gasteiger partial charge in [0.1, 0.15) is 12.4 Å². The van der Waals surface area contributed by atoms with Crippen LogP contribution in [0, 0.1) is 0 Å². The third-order valence-corrected chi connectivity index (χ3v) is 4.44. The van der Waals surface area contributed by atoms with Crippen molar-refractivity contribution in [3.63, 3.8) is 0 Å². The van der Waals surface area contributed by atoms with Crippen molar-refractivity contribution in [2.45, 2.75) is 31.4 Å². The minimum absolute atomic E-state index is 0.110. The van der Waals surface area contributed by atoms with Gasteiger partial charge in [-0.25, -0.2) is 0 Å². The average Bonchev–Trinajstić information content (AvgIpc) is 3.13. The molecule has 0 spiro atoms. The van der Waals surface area contributed by atoms with Crippen molar-refractivity contribution in [2.24, 2.45) is 0 Å². The van der Waals surface area contributed by atoms with Gasteiger partial charge in [0.25, 0.3) is 5.91 Å². The van der Waals surface area contributed by atoms with Crippen molar-refractivity contribution < 1.29 is 28.9 Å². The molecule has 7 heteroatoms. The van der Waals surface area contributed by atoms with Crippen molar-refractivity contribution in [3.8, 4) is 5.75 Å². The van der Waals surface area contributed by atoms with Gasteiger partial charge in [0, 0.05) is 18.7 Å². The van der Waals surface area contributed by atoms with Crippen LogP contribution < -0.4 is 4.74 Å². The minimum Gasteiger partial charge on any atom is -0.491 e. The molecule has 2 aliphatic heterocycles. The van der Waals surface area contributed by atoms with E-state index >= 15 is 0 Å². The Labute approximate surface area is 146 Å². The lowest BCUT2D eigenvalue weighted by molar-refractivity contribution is -0.139. The predicted octanol–water partition coefficient (Wildman–Crippen LogP) is 1.56. The quantitative estimate of drug-likeness (QED) is 0.839. The molecule has 2 heterocycles. The summed E-state index contributed by atoms with van der Waals surface area (Å²) in [7, 11) is 0. The molecule has 1 N–H and O–H groups in total. The number of benzene rings is 1. The lowest BCUT2D eigenvalue weighted by Gasteiger charge is -2.35. The molecule has 0 aliphatic carbocycles. The van der Waals surface area contributed by atoms with Gasteiger partial charge in [-0.1, -0.05) is 6.07 Å². The Morgan fingerprint density at radius 1 is 1.32 bits per heavy atom. The molecule has 1 amide bonds. The van der Waals surface area contributed by atoms with E-state index < -0.39 is 12.0 Å². The molecular formula is C18H23NO6. The van der Waals surface area contributed by atoms with E-state index in [2.05, 4.69) is 0 Å². The number of carboxylic acids is 1. The highest BCUT2D eigenvalue weighted by atomic mass is 16.5. The van der Waals surface area contributed by atoms with Crippen molar-refractivity contribution in [2.75, 3.05) is 33.0 Å². The highest BCUT2D eigenvalue weighted by Crippen LogP contribution is 2.20. The summed E-state index contributed by atoms with van der Waals surface area (Å²) in [5.74, 6) is -0.525. The van der Waals surface area contributed by atoms with Crippen LogP contribution in [0.5, 0.6) is 5.75 Å². The summed E-state index contributed by atoms with van der Waals surface area (Å²) in [6.45, 7) is 2.29. The summed E-state index contributed by atoms with van der Waals surface area (Å²) in [5, 5.41) is 9.03. The van der Waals surface area contributed by atoms with Crippen molar-refractivity contribution in [3.05, 3.63) is 29.8 Å². The van der Waals surface area contributed by atoms with E-state index in [9.17, 15) is 9.59 Å². The maximum atomic E-state index is 12.8. The number of carbonyl (C=O) groups is 2. The van der Waals surface area contributed by atoms with Gasteiger partial charge < -0.3 is 24.2 Å². The zero-order chi connectivity index (χ0) is 17.6. The zero-order valence-electron chi connectivity index (χ0n) is 14.1. The van der Waals surface area contributed by atoms with E-state index in [1.807, 2.05) is 0 Å². The average molecular weight is 349 g/mol. The number of ether oxygens (including phenoxy) is 3. The van der Waals surface area contributed by atoms with Crippen LogP contribution in [0.15, 0.2) is 24.3 Å². The highest BCUT2D eigenvalue weighted by molar-refractivity contribution is 5.95. The standard InChI is InChI=1S/C18H23NO6/c20-17(21)10-14-11-23-8-6-19(14)18(22)13-3-1-4-15(9-13)25-12-16-5-2-7-24-16/h1,3-4,9,14,16H,2,5-8,10-12H2,(H,20,21). The SMILES string of the molecule is O=C(O)CC1COCCN1C(=O)c1cccc(OCC2CCCO2)c1. The molecule has 0 radical (unpaired) electrons. The number of hydrogen-bond donors (Lipinski definition) is 1. The van der Waals surface area contributed by atoms with Gasteiger partial charge in [-0.2, -0.15) is 0 Å². The molecule has 2 fully saturated rings. The van der Waals surface area contributed by atoms with E-state index in [4.69, 9.17) is 19.3 Å². The van der Waals surface area contributed by atoms with E-state index in [0.29, 0.717) is 31.1 Å². The molecule has 7 nitrogen and oxygen atoms in total. The Bertz CT molecular complexity index is 613. The lowest BCUT2D eigenvalue weighted by atomic mass is 10.1. The third-order valence-electron chi connectivity index (χ3n) is 4.44. The molecule has 136 valence electrons. The summed E-state index contributed by atoms with van der Waals surface area (Å²) in [4.78, 5) is 25.4. The summed E-state index contributed by atoms with van der Waals surface area (Å²) >= 11 is 0. The Balaban J connectivity index is 1.65. The maximum Gasteiger partial charge on any atom is 0.305 e. The number of morpholine rings is 1. The first-order valence-corrected chi connectivity index (χ1v) is 8.58. The second-order valence-electron chi connectivity index (χ2n) is 6.30. The van der Waals surface area contributed by atoms with E-state index in [0.717, 1.165) is 19.4 Å². The molecular weight excluding hydrogens is 326 g/mol. The van der Waals surface area contributed by atoms with Gasteiger partial charge in [0.2, 0.25) is 0 Å². The number of nitrogens with zero attached hydrogens (tertiary/aromatic N) is 1. The Kier molecular flexibility index (Phi) is 5.88. The first-order chi connectivity index (χ1) is 12.1. The van der Waals surface area contributed by atoms with E-state index in [1.54, 1.807) is 29.2 Å². The van der Waals surface area contributed by atoms with Crippen LogP contribution in [-0.4, -0.2) is 67.0 Å². The fourth-order valence-electron chi connectivity index (χ4n) is 3.14. The number of carbonyl (C=O) groups excluding carboxylic acids is 1. The molecule has 0 aromatic heterocycles. The normalized spacial score (nSPS) is 23.4. The molecule has 2 atom stereocenters. The summed E-state index contributed by atoms with van der Waals surface area (Å²) in [5.41, 5.74) is 0.488. The van der Waals surface area contributed by atoms with Crippen molar-refractivity contribution >= 4 is 11.9 Å². The van der Waals surface area contributed by atoms with Crippen molar-refractivity contribution in [1.29, 1.82) is 0 Å². The largest absolute Gasteiger partial charge is 0.491 e. The summed E-state index contributed by atoms with van der Waals surface area (Å²) < 4.78 is 16.6. The van der Waals surface area contributed by atoms with Crippen LogP contribution in [0.3, 0.4) is 0 Å². The van der Waals surface area contributed by atoms with Crippen LogP contribution in [0.4, 0.5) is 0 Å². The summed E-state index contributed by atoms with van der Waals surface area (Å²) in [6.07, 6.45) is 2.03. The first-order valence-electron chi connectivity index (χ1n) is 8.58. The Morgan fingerprint density at radius 2 is 2.20 bits per heavy atom. The monoisotopic (exact) mass is 349 g/mol.